The molecule has 2 N–H and O–H groups in total. The number of hydrogen-bond donors (Lipinski definition) is 2. The van der Waals surface area contributed by atoms with Crippen LogP contribution in [0.2, 0.25) is 0 Å². The summed E-state index contributed by atoms with van der Waals surface area (Å²) in [5, 5.41) is 6.69. The van der Waals surface area contributed by atoms with E-state index in [1.165, 1.54) is 0 Å². The molecule has 1 saturated carbocycles. The molecule has 3 fully saturated rings. The van der Waals surface area contributed by atoms with Crippen LogP contribution in [-0.4, -0.2) is 34.7 Å². The van der Waals surface area contributed by atoms with Crippen molar-refractivity contribution in [1.29, 1.82) is 0 Å². The first-order chi connectivity index (χ1) is 17.1. The molecule has 1 spiro atoms. The molecule has 35 heavy (non-hydrogen) atoms. The zero-order valence-corrected chi connectivity index (χ0v) is 20.3. The Bertz CT molecular complexity index is 1170. The maximum Gasteiger partial charge on any atom is 0.250 e. The molecule has 4 atom stereocenters. The Hall–Kier alpha value is -2.99. The van der Waals surface area contributed by atoms with Crippen LogP contribution in [-0.2, 0) is 32.8 Å². The third-order valence-electron chi connectivity index (χ3n) is 8.74. The summed E-state index contributed by atoms with van der Waals surface area (Å²) < 4.78 is 0. The van der Waals surface area contributed by atoms with Crippen LogP contribution in [0.1, 0.15) is 62.1 Å². The van der Waals surface area contributed by atoms with Crippen LogP contribution in [0.4, 0.5) is 5.69 Å². The summed E-state index contributed by atoms with van der Waals surface area (Å²) in [4.78, 5) is 43.6. The van der Waals surface area contributed by atoms with Gasteiger partial charge >= 0.3 is 0 Å². The smallest absolute Gasteiger partial charge is 0.250 e. The predicted octanol–water partition coefficient (Wildman–Crippen LogP) is 3.93. The van der Waals surface area contributed by atoms with E-state index in [1.807, 2.05) is 48.5 Å². The Morgan fingerprint density at radius 3 is 2.37 bits per heavy atom. The lowest BCUT2D eigenvalue weighted by atomic mass is 9.76. The quantitative estimate of drug-likeness (QED) is 0.523. The minimum atomic E-state index is -1.21. The highest BCUT2D eigenvalue weighted by atomic mass is 16.2. The van der Waals surface area contributed by atoms with Crippen molar-refractivity contribution in [3.63, 3.8) is 0 Å². The van der Waals surface area contributed by atoms with Gasteiger partial charge in [0.15, 0.2) is 0 Å². The molecule has 6 nitrogen and oxygen atoms in total. The number of rotatable bonds is 4. The fraction of sp³-hybridized carbons (Fsp3) is 0.483. The first-order valence-corrected chi connectivity index (χ1v) is 13.2. The Labute approximate surface area is 206 Å². The lowest BCUT2D eigenvalue weighted by Gasteiger charge is -2.32. The largest absolute Gasteiger partial charge is 0.324 e. The summed E-state index contributed by atoms with van der Waals surface area (Å²) in [5.74, 6) is -1.74. The van der Waals surface area contributed by atoms with Crippen molar-refractivity contribution in [2.75, 3.05) is 5.32 Å². The van der Waals surface area contributed by atoms with E-state index in [4.69, 9.17) is 0 Å². The highest BCUT2D eigenvalue weighted by Gasteiger charge is 2.70. The molecule has 6 rings (SSSR count). The standard InChI is InChI=1S/C29H33N3O3/c1-2-19-13-10-16-21-25(19)30-28(35)29(21)24-23(22(31-29)17-18-11-6-5-7-12-18)26(33)32(27(24)34)20-14-8-3-4-9-15-20/h5-7,10-13,16,20,22-24,31H,2-4,8-9,14-15,17H2,1H3,(H,30,35)/t22-,23-,24-,29+/m1/s1. The van der Waals surface area contributed by atoms with Gasteiger partial charge in [0, 0.05) is 23.3 Å². The second-order valence-corrected chi connectivity index (χ2v) is 10.6. The molecule has 3 heterocycles. The van der Waals surface area contributed by atoms with Crippen molar-refractivity contribution in [3.8, 4) is 0 Å². The normalized spacial score (nSPS) is 30.5. The first kappa shape index (κ1) is 22.5. The van der Waals surface area contributed by atoms with Crippen molar-refractivity contribution in [2.24, 2.45) is 11.8 Å². The molecule has 4 aliphatic rings. The molecular weight excluding hydrogens is 438 g/mol. The van der Waals surface area contributed by atoms with Gasteiger partial charge in [-0.1, -0.05) is 81.1 Å². The van der Waals surface area contributed by atoms with E-state index in [1.54, 1.807) is 4.90 Å². The molecule has 0 radical (unpaired) electrons. The van der Waals surface area contributed by atoms with Crippen molar-refractivity contribution in [2.45, 2.75) is 75.9 Å². The summed E-state index contributed by atoms with van der Waals surface area (Å²) in [5.41, 5.74) is 2.55. The lowest BCUT2D eigenvalue weighted by molar-refractivity contribution is -0.145. The number of carbonyl (C=O) groups is 3. The molecule has 3 amide bonds. The van der Waals surface area contributed by atoms with E-state index in [0.29, 0.717) is 6.42 Å². The summed E-state index contributed by atoms with van der Waals surface area (Å²) in [6.45, 7) is 2.06. The second-order valence-electron chi connectivity index (χ2n) is 10.6. The predicted molar refractivity (Wildman–Crippen MR) is 134 cm³/mol. The molecule has 0 unspecified atom stereocenters. The van der Waals surface area contributed by atoms with Crippen molar-refractivity contribution in [3.05, 3.63) is 65.2 Å². The van der Waals surface area contributed by atoms with E-state index < -0.39 is 17.4 Å². The highest BCUT2D eigenvalue weighted by Crippen LogP contribution is 2.54. The summed E-state index contributed by atoms with van der Waals surface area (Å²) in [6, 6.07) is 15.6. The van der Waals surface area contributed by atoms with Gasteiger partial charge < -0.3 is 5.32 Å². The number of nitrogens with one attached hydrogen (secondary N) is 2. The summed E-state index contributed by atoms with van der Waals surface area (Å²) >= 11 is 0. The lowest BCUT2D eigenvalue weighted by Crippen LogP contribution is -2.54. The molecule has 2 aromatic carbocycles. The number of benzene rings is 2. The highest BCUT2D eigenvalue weighted by molar-refractivity contribution is 6.15. The molecule has 2 aromatic rings. The van der Waals surface area contributed by atoms with Crippen LogP contribution < -0.4 is 10.6 Å². The Balaban J connectivity index is 1.46. The number of nitrogens with zero attached hydrogens (tertiary/aromatic N) is 1. The number of hydrogen-bond acceptors (Lipinski definition) is 4. The molecular formula is C29H33N3O3. The van der Waals surface area contributed by atoms with Crippen LogP contribution in [0.15, 0.2) is 48.5 Å². The zero-order valence-electron chi connectivity index (χ0n) is 20.3. The van der Waals surface area contributed by atoms with Gasteiger partial charge in [0.25, 0.3) is 0 Å². The number of para-hydroxylation sites is 1. The van der Waals surface area contributed by atoms with Gasteiger partial charge in [-0.15, -0.1) is 0 Å². The Kier molecular flexibility index (Phi) is 5.52. The van der Waals surface area contributed by atoms with Gasteiger partial charge in [-0.3, -0.25) is 24.6 Å². The van der Waals surface area contributed by atoms with Gasteiger partial charge in [0.1, 0.15) is 5.54 Å². The van der Waals surface area contributed by atoms with Gasteiger partial charge in [-0.2, -0.15) is 0 Å². The number of fused-ring (bicyclic) bond motifs is 4. The number of likely N-dealkylation sites (tertiary alicyclic amines) is 1. The molecule has 0 bridgehead atoms. The summed E-state index contributed by atoms with van der Waals surface area (Å²) in [7, 11) is 0. The van der Waals surface area contributed by atoms with Gasteiger partial charge in [0.05, 0.1) is 11.8 Å². The molecule has 2 saturated heterocycles. The van der Waals surface area contributed by atoms with Crippen LogP contribution in [0.25, 0.3) is 0 Å². The first-order valence-electron chi connectivity index (χ1n) is 13.2. The van der Waals surface area contributed by atoms with Crippen LogP contribution in [0.3, 0.4) is 0 Å². The van der Waals surface area contributed by atoms with Gasteiger partial charge in [-0.05, 0) is 36.8 Å². The van der Waals surface area contributed by atoms with E-state index in [-0.39, 0.29) is 29.8 Å². The van der Waals surface area contributed by atoms with Gasteiger partial charge in [-0.25, -0.2) is 0 Å². The number of anilines is 1. The number of carbonyl (C=O) groups excluding carboxylic acids is 3. The second kappa shape index (κ2) is 8.59. The van der Waals surface area contributed by atoms with Crippen molar-refractivity contribution >= 4 is 23.4 Å². The van der Waals surface area contributed by atoms with Crippen LogP contribution in [0, 0.1) is 11.8 Å². The van der Waals surface area contributed by atoms with E-state index in [0.717, 1.165) is 67.3 Å². The van der Waals surface area contributed by atoms with E-state index in [2.05, 4.69) is 17.6 Å². The Morgan fingerprint density at radius 1 is 0.914 bits per heavy atom. The van der Waals surface area contributed by atoms with Crippen LogP contribution in [0.5, 0.6) is 0 Å². The van der Waals surface area contributed by atoms with E-state index in [9.17, 15) is 14.4 Å². The molecule has 6 heteroatoms. The topological polar surface area (TPSA) is 78.5 Å². The zero-order chi connectivity index (χ0) is 24.2. The van der Waals surface area contributed by atoms with Gasteiger partial charge in [0.2, 0.25) is 17.7 Å². The fourth-order valence-electron chi connectivity index (χ4n) is 7.13. The molecule has 0 aromatic heterocycles. The average molecular weight is 472 g/mol. The third kappa shape index (κ3) is 3.29. The minimum absolute atomic E-state index is 0.0524. The monoisotopic (exact) mass is 471 g/mol. The van der Waals surface area contributed by atoms with Crippen molar-refractivity contribution in [1.82, 2.24) is 10.2 Å². The number of amides is 3. The molecule has 3 aliphatic heterocycles. The summed E-state index contributed by atoms with van der Waals surface area (Å²) in [6.07, 6.45) is 7.48. The fourth-order valence-corrected chi connectivity index (χ4v) is 7.13. The molecule has 1 aliphatic carbocycles. The van der Waals surface area contributed by atoms with Crippen LogP contribution >= 0.6 is 0 Å². The maximum absolute atomic E-state index is 14.2. The third-order valence-corrected chi connectivity index (χ3v) is 8.74. The number of aryl methyl sites for hydroxylation is 1. The average Bonchev–Trinajstić information content (AvgIpc) is 3.33. The maximum atomic E-state index is 14.2. The van der Waals surface area contributed by atoms with Crippen molar-refractivity contribution < 1.29 is 14.4 Å². The molecule has 182 valence electrons. The SMILES string of the molecule is CCc1cccc2c1NC(=O)[C@]21N[C@H](Cc2ccccc2)[C@H]2C(=O)N(C3CCCCCC3)C(=O)[C@@H]21. The Morgan fingerprint density at radius 2 is 1.66 bits per heavy atom. The number of imide groups is 1. The minimum Gasteiger partial charge on any atom is -0.324 e. The van der Waals surface area contributed by atoms with E-state index >= 15 is 0 Å².